The highest BCUT2D eigenvalue weighted by Gasteiger charge is 2.61. The van der Waals surface area contributed by atoms with Gasteiger partial charge in [0.05, 0.1) is 0 Å². The van der Waals surface area contributed by atoms with Crippen LogP contribution >= 0.6 is 12.4 Å². The predicted octanol–water partition coefficient (Wildman–Crippen LogP) is 2.94. The molecule has 0 saturated heterocycles. The second kappa shape index (κ2) is 6.44. The largest absolute Gasteiger partial charge is 0.504 e. The number of carbonyl (C=O) groups is 1. The Labute approximate surface area is 122 Å². The van der Waals surface area contributed by atoms with Gasteiger partial charge in [0.2, 0.25) is 0 Å². The van der Waals surface area contributed by atoms with Gasteiger partial charge in [-0.1, -0.05) is 6.07 Å². The number of carbonyl (C=O) groups excluding carboxylic acids is 1. The summed E-state index contributed by atoms with van der Waals surface area (Å²) in [5, 5.41) is 9.40. The van der Waals surface area contributed by atoms with Crippen molar-refractivity contribution < 1.29 is 36.6 Å². The zero-order chi connectivity index (χ0) is 15.7. The first kappa shape index (κ1) is 19.4. The Bertz CT molecular complexity index is 521. The van der Waals surface area contributed by atoms with Gasteiger partial charge in [-0.2, -0.15) is 22.0 Å². The maximum atomic E-state index is 13.0. The summed E-state index contributed by atoms with van der Waals surface area (Å²) >= 11 is 0. The van der Waals surface area contributed by atoms with Crippen molar-refractivity contribution >= 4 is 18.4 Å². The van der Waals surface area contributed by atoms with E-state index in [2.05, 4.69) is 4.74 Å². The van der Waals surface area contributed by atoms with Crippen molar-refractivity contribution in [3.05, 3.63) is 23.8 Å². The van der Waals surface area contributed by atoms with Gasteiger partial charge in [-0.25, -0.2) is 0 Å². The van der Waals surface area contributed by atoms with Gasteiger partial charge < -0.3 is 15.6 Å². The van der Waals surface area contributed by atoms with Crippen LogP contribution < -0.4 is 10.5 Å². The first-order valence-electron chi connectivity index (χ1n) is 5.18. The van der Waals surface area contributed by atoms with E-state index in [1.54, 1.807) is 0 Å². The normalized spacial score (nSPS) is 13.3. The molecule has 1 aromatic carbocycles. The van der Waals surface area contributed by atoms with E-state index in [-0.39, 0.29) is 18.2 Å². The van der Waals surface area contributed by atoms with Crippen molar-refractivity contribution in [1.82, 2.24) is 0 Å². The van der Waals surface area contributed by atoms with Gasteiger partial charge in [0.15, 0.2) is 11.5 Å². The van der Waals surface area contributed by atoms with Crippen molar-refractivity contribution in [3.8, 4) is 11.5 Å². The van der Waals surface area contributed by atoms with Crippen LogP contribution in [-0.4, -0.2) is 23.2 Å². The number of nitrogens with two attached hydrogens (primary N) is 1. The summed E-state index contributed by atoms with van der Waals surface area (Å²) in [6, 6.07) is -0.428. The average molecular weight is 336 g/mol. The summed E-state index contributed by atoms with van der Waals surface area (Å²) in [6.45, 7) is 1.02. The Kier molecular flexibility index (Phi) is 5.94. The van der Waals surface area contributed by atoms with Crippen molar-refractivity contribution in [1.29, 1.82) is 0 Å². The summed E-state index contributed by atoms with van der Waals surface area (Å²) in [7, 11) is 0. The molecule has 0 heterocycles. The summed E-state index contributed by atoms with van der Waals surface area (Å²) in [6.07, 6.45) is -5.82. The number of hydrogen-bond donors (Lipinski definition) is 2. The summed E-state index contributed by atoms with van der Waals surface area (Å²) in [5.41, 5.74) is 4.24. The number of benzene rings is 1. The van der Waals surface area contributed by atoms with Gasteiger partial charge in [0.1, 0.15) is 6.04 Å². The lowest BCUT2D eigenvalue weighted by Gasteiger charge is -2.26. The molecule has 0 radical (unpaired) electrons. The number of phenols is 1. The lowest BCUT2D eigenvalue weighted by atomic mass is 10.0. The maximum Gasteiger partial charge on any atom is 0.455 e. The second-order valence-corrected chi connectivity index (χ2v) is 3.92. The Morgan fingerprint density at radius 3 is 2.19 bits per heavy atom. The van der Waals surface area contributed by atoms with Crippen LogP contribution in [0.1, 0.15) is 18.5 Å². The molecule has 0 aliphatic carbocycles. The van der Waals surface area contributed by atoms with Crippen molar-refractivity contribution in [2.24, 2.45) is 5.73 Å². The highest BCUT2D eigenvalue weighted by atomic mass is 35.5. The number of hydrogen-bond acceptors (Lipinski definition) is 4. The molecule has 21 heavy (non-hydrogen) atoms. The van der Waals surface area contributed by atoms with Crippen LogP contribution in [0.4, 0.5) is 22.0 Å². The Morgan fingerprint density at radius 2 is 1.81 bits per heavy atom. The van der Waals surface area contributed by atoms with Crippen LogP contribution in [-0.2, 0) is 4.79 Å². The zero-order valence-corrected chi connectivity index (χ0v) is 11.3. The van der Waals surface area contributed by atoms with Crippen molar-refractivity contribution in [3.63, 3.8) is 0 Å². The average Bonchev–Trinajstić information content (AvgIpc) is 2.28. The van der Waals surface area contributed by atoms with Gasteiger partial charge in [-0.3, -0.25) is 4.79 Å². The molecule has 0 aliphatic rings. The number of esters is 1. The molecule has 0 bridgehead atoms. The number of halogens is 6. The lowest BCUT2D eigenvalue weighted by Crippen LogP contribution is -2.45. The zero-order valence-electron chi connectivity index (χ0n) is 10.4. The number of alkyl halides is 5. The Morgan fingerprint density at radius 1 is 1.29 bits per heavy atom. The quantitative estimate of drug-likeness (QED) is 0.506. The van der Waals surface area contributed by atoms with Gasteiger partial charge >= 0.3 is 18.1 Å². The van der Waals surface area contributed by atoms with E-state index in [0.29, 0.717) is 6.07 Å². The molecule has 4 nitrogen and oxygen atoms in total. The first-order chi connectivity index (χ1) is 8.96. The van der Waals surface area contributed by atoms with Crippen molar-refractivity contribution in [2.45, 2.75) is 25.1 Å². The molecule has 120 valence electrons. The molecule has 0 amide bonds. The van der Waals surface area contributed by atoms with E-state index in [1.807, 2.05) is 0 Å². The van der Waals surface area contributed by atoms with E-state index < -0.39 is 35.4 Å². The molecule has 0 aromatic heterocycles. The molecule has 1 rings (SSSR count). The fourth-order valence-electron chi connectivity index (χ4n) is 1.35. The summed E-state index contributed by atoms with van der Waals surface area (Å²) in [5.74, 6) is -7.10. The van der Waals surface area contributed by atoms with Crippen molar-refractivity contribution in [2.75, 3.05) is 0 Å². The third-order valence-corrected chi connectivity index (χ3v) is 2.36. The van der Waals surface area contributed by atoms with E-state index in [1.165, 1.54) is 0 Å². The first-order valence-corrected chi connectivity index (χ1v) is 5.18. The SMILES string of the molecule is CC(=O)Oc1ccc([C@@H](N)C(F)(F)C(F)(F)F)cc1O.Cl. The Hall–Kier alpha value is -1.61. The standard InChI is InChI=1S/C11H10F5NO3.ClH/c1-5(18)20-8-3-2-6(4-7(8)19)9(17)10(12,13)11(14,15)16;/h2-4,9,19H,17H2,1H3;1H/t9-;/m1./s1. The second-order valence-electron chi connectivity index (χ2n) is 3.92. The molecular formula is C11H11ClF5NO3. The van der Waals surface area contributed by atoms with E-state index in [9.17, 15) is 31.9 Å². The molecule has 0 unspecified atom stereocenters. The molecular weight excluding hydrogens is 325 g/mol. The molecule has 10 heteroatoms. The molecule has 0 fully saturated rings. The molecule has 1 atom stereocenters. The molecule has 0 saturated carbocycles. The number of aromatic hydroxyl groups is 1. The van der Waals surface area contributed by atoms with Crippen LogP contribution in [0, 0.1) is 0 Å². The van der Waals surface area contributed by atoms with Gasteiger partial charge in [0, 0.05) is 6.92 Å². The predicted molar refractivity (Wildman–Crippen MR) is 64.6 cm³/mol. The third-order valence-electron chi connectivity index (χ3n) is 2.36. The van der Waals surface area contributed by atoms with Crippen LogP contribution in [0.5, 0.6) is 11.5 Å². The molecule has 1 aromatic rings. The summed E-state index contributed by atoms with van der Waals surface area (Å²) < 4.78 is 67.0. The highest BCUT2D eigenvalue weighted by molar-refractivity contribution is 5.85. The highest BCUT2D eigenvalue weighted by Crippen LogP contribution is 2.44. The molecule has 0 aliphatic heterocycles. The topological polar surface area (TPSA) is 72.5 Å². The fourth-order valence-corrected chi connectivity index (χ4v) is 1.35. The molecule has 0 spiro atoms. The minimum Gasteiger partial charge on any atom is -0.504 e. The van der Waals surface area contributed by atoms with E-state index in [0.717, 1.165) is 19.1 Å². The molecule has 3 N–H and O–H groups in total. The number of ether oxygens (including phenoxy) is 1. The number of rotatable bonds is 3. The summed E-state index contributed by atoms with van der Waals surface area (Å²) in [4.78, 5) is 10.6. The number of phenolic OH excluding ortho intramolecular Hbond substituents is 1. The van der Waals surface area contributed by atoms with Crippen LogP contribution in [0.25, 0.3) is 0 Å². The maximum absolute atomic E-state index is 13.0. The van der Waals surface area contributed by atoms with Crippen LogP contribution in [0.15, 0.2) is 18.2 Å². The van der Waals surface area contributed by atoms with Crippen LogP contribution in [0.2, 0.25) is 0 Å². The van der Waals surface area contributed by atoms with Gasteiger partial charge in [-0.15, -0.1) is 12.4 Å². The van der Waals surface area contributed by atoms with Crippen LogP contribution in [0.3, 0.4) is 0 Å². The van der Waals surface area contributed by atoms with E-state index >= 15 is 0 Å². The van der Waals surface area contributed by atoms with Gasteiger partial charge in [0.25, 0.3) is 0 Å². The minimum atomic E-state index is -5.82. The third kappa shape index (κ3) is 4.18. The van der Waals surface area contributed by atoms with Gasteiger partial charge in [-0.05, 0) is 17.7 Å². The van der Waals surface area contributed by atoms with E-state index in [4.69, 9.17) is 5.73 Å². The Balaban J connectivity index is 0.00000400. The smallest absolute Gasteiger partial charge is 0.455 e. The lowest BCUT2D eigenvalue weighted by molar-refractivity contribution is -0.291. The monoisotopic (exact) mass is 335 g/mol. The fraction of sp³-hybridized carbons (Fsp3) is 0.364. The minimum absolute atomic E-state index is 0.